The van der Waals surface area contributed by atoms with Crippen LogP contribution in [0.1, 0.15) is 61.0 Å². The Balaban J connectivity index is 1.48. The lowest BCUT2D eigenvalue weighted by Crippen LogP contribution is -2.06. The number of aliphatic hydroxyl groups is 2. The molecule has 0 atom stereocenters. The van der Waals surface area contributed by atoms with Gasteiger partial charge in [-0.05, 0) is 85.8 Å². The van der Waals surface area contributed by atoms with Gasteiger partial charge in [0.2, 0.25) is 0 Å². The van der Waals surface area contributed by atoms with Crippen molar-refractivity contribution < 1.29 is 14.9 Å². The minimum absolute atomic E-state index is 0.428. The van der Waals surface area contributed by atoms with Crippen molar-refractivity contribution in [3.8, 4) is 0 Å². The number of hydrogen-bond acceptors (Lipinski definition) is 5. The van der Waals surface area contributed by atoms with Gasteiger partial charge in [0.15, 0.2) is 6.29 Å². The molecule has 2 aliphatic carbocycles. The Morgan fingerprint density at radius 2 is 2.03 bits per heavy atom. The van der Waals surface area contributed by atoms with Crippen molar-refractivity contribution in [2.75, 3.05) is 19.0 Å². The molecular formula is C25H31N3O3. The molecule has 164 valence electrons. The maximum absolute atomic E-state index is 9.93. The minimum atomic E-state index is -1.56. The van der Waals surface area contributed by atoms with Crippen LogP contribution in [0, 0.1) is 5.92 Å². The van der Waals surface area contributed by atoms with Crippen LogP contribution < -0.4 is 5.32 Å². The van der Waals surface area contributed by atoms with Crippen LogP contribution in [0.4, 0.5) is 11.5 Å². The summed E-state index contributed by atoms with van der Waals surface area (Å²) in [5.41, 5.74) is 5.01. The number of methoxy groups -OCH3 is 1. The van der Waals surface area contributed by atoms with Gasteiger partial charge < -0.3 is 24.8 Å². The average Bonchev–Trinajstić information content (AvgIpc) is 3.67. The fraction of sp³-hybridized carbons (Fsp3) is 0.480. The van der Waals surface area contributed by atoms with Crippen molar-refractivity contribution in [3.63, 3.8) is 0 Å². The number of hydrogen-bond donors (Lipinski definition) is 3. The van der Waals surface area contributed by atoms with E-state index in [2.05, 4.69) is 39.3 Å². The summed E-state index contributed by atoms with van der Waals surface area (Å²) >= 11 is 0. The van der Waals surface area contributed by atoms with Crippen LogP contribution in [0.2, 0.25) is 0 Å². The molecule has 0 spiro atoms. The second-order valence-corrected chi connectivity index (χ2v) is 9.06. The standard InChI is InChI=1S/C25H31N3O3/c1-31-10-2-3-18-11-21(12-19-8-9-28(23(18)19)15-16-4-5-16)27-24-22(25(29)30)13-20(14-26-24)17-6-7-17/h8-9,11-14,16-17,25,29-30H,2-7,10,15H2,1H3,(H,26,27). The summed E-state index contributed by atoms with van der Waals surface area (Å²) in [5, 5.41) is 24.4. The smallest absolute Gasteiger partial charge is 0.182 e. The number of rotatable bonds is 10. The van der Waals surface area contributed by atoms with E-state index in [9.17, 15) is 10.2 Å². The molecule has 6 heteroatoms. The molecule has 31 heavy (non-hydrogen) atoms. The molecule has 2 saturated carbocycles. The molecule has 5 rings (SSSR count). The molecule has 2 aromatic heterocycles. The van der Waals surface area contributed by atoms with Crippen molar-refractivity contribution in [2.45, 2.75) is 57.3 Å². The lowest BCUT2D eigenvalue weighted by molar-refractivity contribution is -0.0421. The number of aliphatic hydroxyl groups excluding tert-OH is 1. The van der Waals surface area contributed by atoms with Crippen molar-refractivity contribution in [2.24, 2.45) is 5.92 Å². The number of pyridine rings is 1. The number of aryl methyl sites for hydroxylation is 1. The molecule has 6 nitrogen and oxygen atoms in total. The largest absolute Gasteiger partial charge is 0.385 e. The Hall–Kier alpha value is -2.41. The molecule has 0 amide bonds. The SMILES string of the molecule is COCCCc1cc(Nc2ncc(C3CC3)cc2C(O)O)cc2ccn(CC3CC3)c12. The molecule has 0 bridgehead atoms. The predicted octanol–water partition coefficient (Wildman–Crippen LogP) is 4.63. The number of aromatic nitrogens is 2. The van der Waals surface area contributed by atoms with Gasteiger partial charge in [-0.3, -0.25) is 0 Å². The first-order valence-electron chi connectivity index (χ1n) is 11.4. The molecule has 2 heterocycles. The Labute approximate surface area is 182 Å². The zero-order chi connectivity index (χ0) is 21.4. The number of ether oxygens (including phenoxy) is 1. The van der Waals surface area contributed by atoms with Crippen molar-refractivity contribution in [3.05, 3.63) is 53.3 Å². The van der Waals surface area contributed by atoms with Crippen LogP contribution >= 0.6 is 0 Å². The molecule has 0 aliphatic heterocycles. The van der Waals surface area contributed by atoms with Crippen LogP contribution in [0.15, 0.2) is 36.7 Å². The van der Waals surface area contributed by atoms with Gasteiger partial charge >= 0.3 is 0 Å². The second kappa shape index (κ2) is 8.61. The second-order valence-electron chi connectivity index (χ2n) is 9.06. The number of nitrogens with one attached hydrogen (secondary N) is 1. The van der Waals surface area contributed by atoms with E-state index in [1.54, 1.807) is 7.11 Å². The van der Waals surface area contributed by atoms with Gasteiger partial charge in [0.05, 0.1) is 11.1 Å². The summed E-state index contributed by atoms with van der Waals surface area (Å²) in [6, 6.07) is 8.35. The highest BCUT2D eigenvalue weighted by atomic mass is 16.5. The number of benzene rings is 1. The topological polar surface area (TPSA) is 79.5 Å². The highest BCUT2D eigenvalue weighted by Gasteiger charge is 2.26. The Kier molecular flexibility index (Phi) is 5.69. The molecule has 2 aliphatic rings. The highest BCUT2D eigenvalue weighted by molar-refractivity contribution is 5.88. The van der Waals surface area contributed by atoms with Crippen LogP contribution in [0.5, 0.6) is 0 Å². The minimum Gasteiger partial charge on any atom is -0.385 e. The Bertz CT molecular complexity index is 1070. The van der Waals surface area contributed by atoms with Gasteiger partial charge in [0.25, 0.3) is 0 Å². The normalized spacial score (nSPS) is 16.4. The van der Waals surface area contributed by atoms with E-state index in [1.807, 2.05) is 12.3 Å². The Morgan fingerprint density at radius 1 is 1.19 bits per heavy atom. The first kappa shape index (κ1) is 20.5. The lowest BCUT2D eigenvalue weighted by atomic mass is 10.0. The molecule has 0 saturated heterocycles. The molecular weight excluding hydrogens is 390 g/mol. The van der Waals surface area contributed by atoms with Crippen LogP contribution in [0.3, 0.4) is 0 Å². The maximum atomic E-state index is 9.93. The fourth-order valence-electron chi connectivity index (χ4n) is 4.42. The van der Waals surface area contributed by atoms with E-state index in [0.29, 0.717) is 17.3 Å². The predicted molar refractivity (Wildman–Crippen MR) is 122 cm³/mol. The first-order valence-corrected chi connectivity index (χ1v) is 11.4. The van der Waals surface area contributed by atoms with E-state index in [0.717, 1.165) is 56.0 Å². The molecule has 0 unspecified atom stereocenters. The average molecular weight is 422 g/mol. The van der Waals surface area contributed by atoms with Crippen LogP contribution in [0.25, 0.3) is 10.9 Å². The number of nitrogens with zero attached hydrogens (tertiary/aromatic N) is 2. The van der Waals surface area contributed by atoms with Gasteiger partial charge in [0, 0.05) is 43.7 Å². The van der Waals surface area contributed by atoms with E-state index < -0.39 is 6.29 Å². The molecule has 1 aromatic carbocycles. The van der Waals surface area contributed by atoms with Gasteiger partial charge in [-0.1, -0.05) is 0 Å². The van der Waals surface area contributed by atoms with Crippen molar-refractivity contribution >= 4 is 22.4 Å². The lowest BCUT2D eigenvalue weighted by Gasteiger charge is -2.16. The van der Waals surface area contributed by atoms with E-state index >= 15 is 0 Å². The summed E-state index contributed by atoms with van der Waals surface area (Å²) in [5.74, 6) is 1.82. The third kappa shape index (κ3) is 4.61. The third-order valence-corrected chi connectivity index (χ3v) is 6.41. The number of anilines is 2. The summed E-state index contributed by atoms with van der Waals surface area (Å²) in [7, 11) is 1.74. The van der Waals surface area contributed by atoms with Gasteiger partial charge in [-0.25, -0.2) is 4.98 Å². The Morgan fingerprint density at radius 3 is 2.74 bits per heavy atom. The summed E-state index contributed by atoms with van der Waals surface area (Å²) in [4.78, 5) is 4.54. The molecule has 2 fully saturated rings. The number of fused-ring (bicyclic) bond motifs is 1. The van der Waals surface area contributed by atoms with Gasteiger partial charge in [-0.2, -0.15) is 0 Å². The van der Waals surface area contributed by atoms with Gasteiger partial charge in [-0.15, -0.1) is 0 Å². The first-order chi connectivity index (χ1) is 15.1. The fourth-order valence-corrected chi connectivity index (χ4v) is 4.42. The molecule has 0 radical (unpaired) electrons. The third-order valence-electron chi connectivity index (χ3n) is 6.41. The van der Waals surface area contributed by atoms with E-state index in [4.69, 9.17) is 4.74 Å². The zero-order valence-corrected chi connectivity index (χ0v) is 18.1. The highest BCUT2D eigenvalue weighted by Crippen LogP contribution is 2.41. The molecule has 3 aromatic rings. The van der Waals surface area contributed by atoms with Crippen LogP contribution in [-0.2, 0) is 17.7 Å². The van der Waals surface area contributed by atoms with Crippen molar-refractivity contribution in [1.82, 2.24) is 9.55 Å². The summed E-state index contributed by atoms with van der Waals surface area (Å²) < 4.78 is 7.67. The quantitative estimate of drug-likeness (QED) is 0.329. The maximum Gasteiger partial charge on any atom is 0.182 e. The van der Waals surface area contributed by atoms with E-state index in [-0.39, 0.29) is 0 Å². The van der Waals surface area contributed by atoms with E-state index in [1.165, 1.54) is 29.3 Å². The van der Waals surface area contributed by atoms with Crippen LogP contribution in [-0.4, -0.2) is 33.5 Å². The van der Waals surface area contributed by atoms with Crippen molar-refractivity contribution in [1.29, 1.82) is 0 Å². The summed E-state index contributed by atoms with van der Waals surface area (Å²) in [6.45, 7) is 1.81. The molecule has 3 N–H and O–H groups in total. The van der Waals surface area contributed by atoms with Gasteiger partial charge in [0.1, 0.15) is 5.82 Å². The summed E-state index contributed by atoms with van der Waals surface area (Å²) in [6.07, 6.45) is 9.33. The zero-order valence-electron chi connectivity index (χ0n) is 18.1. The monoisotopic (exact) mass is 421 g/mol.